The van der Waals surface area contributed by atoms with Crippen LogP contribution < -0.4 is 15.4 Å². The quantitative estimate of drug-likeness (QED) is 0.579. The number of ether oxygens (including phenoxy) is 1. The summed E-state index contributed by atoms with van der Waals surface area (Å²) in [5, 5.41) is 8.27. The van der Waals surface area contributed by atoms with Crippen LogP contribution in [0.4, 0.5) is 5.69 Å². The summed E-state index contributed by atoms with van der Waals surface area (Å²) in [6.07, 6.45) is 3.13. The lowest BCUT2D eigenvalue weighted by atomic mass is 10.1. The molecule has 3 aromatic rings. The molecule has 1 heterocycles. The SMILES string of the molecule is CNC(=O)c1cccc(NC(=O)/C=C/c2ccccc2OCc2csc(C)n2)c1. The Labute approximate surface area is 173 Å². The van der Waals surface area contributed by atoms with E-state index in [9.17, 15) is 9.59 Å². The minimum atomic E-state index is -0.302. The van der Waals surface area contributed by atoms with Crippen molar-refractivity contribution < 1.29 is 14.3 Å². The summed E-state index contributed by atoms with van der Waals surface area (Å²) in [5.41, 5.74) is 2.68. The van der Waals surface area contributed by atoms with Gasteiger partial charge in [0.05, 0.1) is 10.7 Å². The van der Waals surface area contributed by atoms with Crippen molar-refractivity contribution in [3.8, 4) is 5.75 Å². The number of nitrogens with one attached hydrogen (secondary N) is 2. The molecule has 29 heavy (non-hydrogen) atoms. The largest absolute Gasteiger partial charge is 0.487 e. The molecule has 0 spiro atoms. The Morgan fingerprint density at radius 1 is 1.17 bits per heavy atom. The van der Waals surface area contributed by atoms with Crippen LogP contribution in [-0.2, 0) is 11.4 Å². The number of para-hydroxylation sites is 1. The summed E-state index contributed by atoms with van der Waals surface area (Å²) in [6, 6.07) is 14.2. The van der Waals surface area contributed by atoms with Gasteiger partial charge < -0.3 is 15.4 Å². The van der Waals surface area contributed by atoms with Gasteiger partial charge in [0.25, 0.3) is 5.91 Å². The first-order valence-electron chi connectivity index (χ1n) is 8.99. The maximum absolute atomic E-state index is 12.3. The van der Waals surface area contributed by atoms with Crippen LogP contribution in [0.1, 0.15) is 26.6 Å². The van der Waals surface area contributed by atoms with E-state index in [1.165, 1.54) is 6.08 Å². The van der Waals surface area contributed by atoms with Crippen molar-refractivity contribution in [3.63, 3.8) is 0 Å². The predicted molar refractivity (Wildman–Crippen MR) is 115 cm³/mol. The van der Waals surface area contributed by atoms with Crippen LogP contribution in [0.2, 0.25) is 0 Å². The molecule has 0 saturated heterocycles. The molecule has 0 fully saturated rings. The molecule has 2 amide bonds. The van der Waals surface area contributed by atoms with Crippen molar-refractivity contribution in [2.24, 2.45) is 0 Å². The Morgan fingerprint density at radius 2 is 2.00 bits per heavy atom. The average molecular weight is 407 g/mol. The van der Waals surface area contributed by atoms with E-state index in [0.29, 0.717) is 23.6 Å². The van der Waals surface area contributed by atoms with Gasteiger partial charge in [-0.2, -0.15) is 0 Å². The first kappa shape index (κ1) is 20.3. The topological polar surface area (TPSA) is 80.3 Å². The van der Waals surface area contributed by atoms with Crippen LogP contribution in [0.15, 0.2) is 60.0 Å². The summed E-state index contributed by atoms with van der Waals surface area (Å²) >= 11 is 1.58. The molecule has 3 rings (SSSR count). The van der Waals surface area contributed by atoms with Gasteiger partial charge in [0, 0.05) is 35.3 Å². The van der Waals surface area contributed by atoms with E-state index in [1.54, 1.807) is 48.7 Å². The number of aryl methyl sites for hydroxylation is 1. The summed E-state index contributed by atoms with van der Waals surface area (Å²) in [5.74, 6) is 0.158. The van der Waals surface area contributed by atoms with Crippen LogP contribution in [0.25, 0.3) is 6.08 Å². The van der Waals surface area contributed by atoms with Gasteiger partial charge in [0.15, 0.2) is 0 Å². The average Bonchev–Trinajstić information content (AvgIpc) is 3.16. The number of benzene rings is 2. The Hall–Kier alpha value is -3.45. The van der Waals surface area contributed by atoms with Crippen molar-refractivity contribution in [1.29, 1.82) is 0 Å². The second kappa shape index (κ2) is 9.66. The molecule has 0 aliphatic rings. The van der Waals surface area contributed by atoms with E-state index >= 15 is 0 Å². The number of anilines is 1. The Bertz CT molecular complexity index is 1040. The number of aromatic nitrogens is 1. The number of thiazole rings is 1. The number of nitrogens with zero attached hydrogens (tertiary/aromatic N) is 1. The molecule has 0 bridgehead atoms. The number of rotatable bonds is 7. The molecule has 0 atom stereocenters. The molecule has 2 N–H and O–H groups in total. The van der Waals surface area contributed by atoms with E-state index < -0.39 is 0 Å². The summed E-state index contributed by atoms with van der Waals surface area (Å²) in [7, 11) is 1.56. The first-order valence-corrected chi connectivity index (χ1v) is 9.87. The Morgan fingerprint density at radius 3 is 2.76 bits per heavy atom. The lowest BCUT2D eigenvalue weighted by Crippen LogP contribution is -2.18. The minimum absolute atomic E-state index is 0.210. The molecule has 0 aliphatic heterocycles. The fourth-order valence-electron chi connectivity index (χ4n) is 2.61. The molecule has 0 aliphatic carbocycles. The zero-order chi connectivity index (χ0) is 20.6. The third kappa shape index (κ3) is 5.76. The van der Waals surface area contributed by atoms with E-state index in [2.05, 4.69) is 15.6 Å². The Kier molecular flexibility index (Phi) is 6.76. The van der Waals surface area contributed by atoms with Crippen molar-refractivity contribution in [2.45, 2.75) is 13.5 Å². The fourth-order valence-corrected chi connectivity index (χ4v) is 3.21. The van der Waals surface area contributed by atoms with Gasteiger partial charge >= 0.3 is 0 Å². The highest BCUT2D eigenvalue weighted by molar-refractivity contribution is 7.09. The monoisotopic (exact) mass is 407 g/mol. The number of hydrogen-bond donors (Lipinski definition) is 2. The van der Waals surface area contributed by atoms with Crippen LogP contribution in [0, 0.1) is 6.92 Å². The highest BCUT2D eigenvalue weighted by atomic mass is 32.1. The Balaban J connectivity index is 1.65. The molecular formula is C22H21N3O3S. The standard InChI is InChI=1S/C22H21N3O3S/c1-15-24-19(14-29-15)13-28-20-9-4-3-6-16(20)10-11-21(26)25-18-8-5-7-17(12-18)22(27)23-2/h3-12,14H,13H2,1-2H3,(H,23,27)(H,25,26)/b11-10+. The number of carbonyl (C=O) groups is 2. The highest BCUT2D eigenvalue weighted by Crippen LogP contribution is 2.21. The second-order valence-corrected chi connectivity index (χ2v) is 7.23. The van der Waals surface area contributed by atoms with Crippen molar-refractivity contribution >= 4 is 34.9 Å². The van der Waals surface area contributed by atoms with Crippen LogP contribution in [-0.4, -0.2) is 23.8 Å². The van der Waals surface area contributed by atoms with Gasteiger partial charge in [-0.05, 0) is 37.3 Å². The third-order valence-corrected chi connectivity index (χ3v) is 4.82. The van der Waals surface area contributed by atoms with E-state index in [4.69, 9.17) is 4.74 Å². The molecule has 148 valence electrons. The van der Waals surface area contributed by atoms with Gasteiger partial charge in [-0.15, -0.1) is 11.3 Å². The molecule has 0 radical (unpaired) electrons. The summed E-state index contributed by atoms with van der Waals surface area (Å²) in [4.78, 5) is 28.4. The number of carbonyl (C=O) groups excluding carboxylic acids is 2. The van der Waals surface area contributed by atoms with Gasteiger partial charge in [-0.3, -0.25) is 9.59 Å². The van der Waals surface area contributed by atoms with Gasteiger partial charge in [-0.1, -0.05) is 24.3 Å². The molecule has 7 heteroatoms. The van der Waals surface area contributed by atoms with Crippen molar-refractivity contribution in [3.05, 3.63) is 81.8 Å². The number of hydrogen-bond acceptors (Lipinski definition) is 5. The van der Waals surface area contributed by atoms with Gasteiger partial charge in [0.1, 0.15) is 12.4 Å². The third-order valence-electron chi connectivity index (χ3n) is 3.99. The zero-order valence-electron chi connectivity index (χ0n) is 16.1. The smallest absolute Gasteiger partial charge is 0.251 e. The van der Waals surface area contributed by atoms with E-state index in [0.717, 1.165) is 16.3 Å². The molecule has 1 aromatic heterocycles. The normalized spacial score (nSPS) is 10.7. The lowest BCUT2D eigenvalue weighted by Gasteiger charge is -2.08. The van der Waals surface area contributed by atoms with E-state index in [-0.39, 0.29) is 11.8 Å². The van der Waals surface area contributed by atoms with Crippen LogP contribution in [0.3, 0.4) is 0 Å². The maximum Gasteiger partial charge on any atom is 0.251 e. The fraction of sp³-hybridized carbons (Fsp3) is 0.136. The molecular weight excluding hydrogens is 386 g/mol. The molecule has 0 saturated carbocycles. The van der Waals surface area contributed by atoms with Crippen LogP contribution >= 0.6 is 11.3 Å². The van der Waals surface area contributed by atoms with Crippen molar-refractivity contribution in [1.82, 2.24) is 10.3 Å². The predicted octanol–water partition coefficient (Wildman–Crippen LogP) is 4.04. The highest BCUT2D eigenvalue weighted by Gasteiger charge is 2.06. The molecule has 0 unspecified atom stereocenters. The van der Waals surface area contributed by atoms with E-state index in [1.807, 2.05) is 36.6 Å². The zero-order valence-corrected chi connectivity index (χ0v) is 17.0. The number of amides is 2. The summed E-state index contributed by atoms with van der Waals surface area (Å²) < 4.78 is 5.86. The summed E-state index contributed by atoms with van der Waals surface area (Å²) in [6.45, 7) is 2.32. The minimum Gasteiger partial charge on any atom is -0.487 e. The van der Waals surface area contributed by atoms with Crippen LogP contribution in [0.5, 0.6) is 5.75 Å². The second-order valence-electron chi connectivity index (χ2n) is 6.17. The van der Waals surface area contributed by atoms with Gasteiger partial charge in [0.2, 0.25) is 5.91 Å². The maximum atomic E-state index is 12.3. The lowest BCUT2D eigenvalue weighted by molar-refractivity contribution is -0.111. The first-order chi connectivity index (χ1) is 14.0. The van der Waals surface area contributed by atoms with Gasteiger partial charge in [-0.25, -0.2) is 4.98 Å². The van der Waals surface area contributed by atoms with Crippen molar-refractivity contribution in [2.75, 3.05) is 12.4 Å². The molecule has 2 aromatic carbocycles. The molecule has 6 nitrogen and oxygen atoms in total.